The van der Waals surface area contributed by atoms with Crippen LogP contribution in [0.15, 0.2) is 53.4 Å². The number of carbonyl (C=O) groups is 2. The Bertz CT molecular complexity index is 1540. The van der Waals surface area contributed by atoms with Crippen molar-refractivity contribution in [2.24, 2.45) is 5.92 Å². The molecule has 4 rings (SSSR count). The lowest BCUT2D eigenvalue weighted by Crippen LogP contribution is -2.56. The van der Waals surface area contributed by atoms with Gasteiger partial charge in [0, 0.05) is 30.7 Å². The maximum atomic E-state index is 14.1. The molecule has 2 heterocycles. The lowest BCUT2D eigenvalue weighted by Gasteiger charge is -2.40. The molecule has 1 N–H and O–H groups in total. The van der Waals surface area contributed by atoms with Gasteiger partial charge in [-0.15, -0.1) is 0 Å². The van der Waals surface area contributed by atoms with Gasteiger partial charge in [0.05, 0.1) is 16.6 Å². The molecule has 1 aliphatic heterocycles. The first-order valence-corrected chi connectivity index (χ1v) is 15.2. The van der Waals surface area contributed by atoms with E-state index in [0.29, 0.717) is 25.1 Å². The van der Waals surface area contributed by atoms with Gasteiger partial charge in [0.2, 0.25) is 17.7 Å². The number of hydrazine groups is 1. The van der Waals surface area contributed by atoms with Crippen molar-refractivity contribution in [3.05, 3.63) is 65.2 Å². The molecule has 11 heteroatoms. The number of hydrogen-bond acceptors (Lipinski definition) is 7. The molecule has 0 saturated carbocycles. The van der Waals surface area contributed by atoms with Crippen LogP contribution in [0.25, 0.3) is 11.3 Å². The highest BCUT2D eigenvalue weighted by molar-refractivity contribution is 7.92. The summed E-state index contributed by atoms with van der Waals surface area (Å²) in [7, 11) is -4.18. The second-order valence-electron chi connectivity index (χ2n) is 10.7. The number of fused-ring (bicyclic) bond motifs is 4. The normalized spacial score (nSPS) is 16.6. The average Bonchev–Trinajstić information content (AvgIpc) is 2.90. The maximum absolute atomic E-state index is 14.1. The minimum atomic E-state index is -4.18. The molecule has 218 valence electrons. The second-order valence-corrected chi connectivity index (χ2v) is 12.4. The molecule has 2 aromatic carbocycles. The molecular formula is C30H37N5O5S. The molecule has 2 amide bonds. The summed E-state index contributed by atoms with van der Waals surface area (Å²) < 4.78 is 35.6. The van der Waals surface area contributed by atoms with Gasteiger partial charge in [-0.05, 0) is 61.9 Å². The topological polar surface area (TPSA) is 122 Å². The van der Waals surface area contributed by atoms with E-state index < -0.39 is 22.0 Å². The van der Waals surface area contributed by atoms with E-state index in [0.717, 1.165) is 16.7 Å². The number of rotatable bonds is 6. The molecule has 1 atom stereocenters. The number of ether oxygens (including phenoxy) is 1. The number of anilines is 1. The Morgan fingerprint density at radius 1 is 1.12 bits per heavy atom. The molecule has 41 heavy (non-hydrogen) atoms. The van der Waals surface area contributed by atoms with Crippen molar-refractivity contribution in [2.45, 2.75) is 65.3 Å². The SMILES string of the molecule is CCCN(C(C)=O)N1C(=O)c2cccc(c2)S(=O)(=O)Nc2nc(cc(-c3c(C)cccc3C)n2)OC[C@H]1CC(C)C. The zero-order valence-corrected chi connectivity index (χ0v) is 25.2. The zero-order chi connectivity index (χ0) is 29.9. The van der Waals surface area contributed by atoms with E-state index in [2.05, 4.69) is 14.7 Å². The summed E-state index contributed by atoms with van der Waals surface area (Å²) in [6.07, 6.45) is 1.14. The summed E-state index contributed by atoms with van der Waals surface area (Å²) in [5.41, 5.74) is 3.39. The van der Waals surface area contributed by atoms with Crippen molar-refractivity contribution < 1.29 is 22.7 Å². The largest absolute Gasteiger partial charge is 0.475 e. The molecule has 0 aliphatic carbocycles. The number of benzene rings is 2. The third-order valence-electron chi connectivity index (χ3n) is 6.84. The monoisotopic (exact) mass is 579 g/mol. The van der Waals surface area contributed by atoms with Crippen molar-refractivity contribution >= 4 is 27.8 Å². The molecule has 0 unspecified atom stereocenters. The van der Waals surface area contributed by atoms with Crippen LogP contribution in [-0.4, -0.2) is 59.4 Å². The first-order chi connectivity index (χ1) is 19.4. The molecule has 1 aromatic heterocycles. The Balaban J connectivity index is 1.95. The fourth-order valence-corrected chi connectivity index (χ4v) is 6.05. The predicted octanol–water partition coefficient (Wildman–Crippen LogP) is 4.98. The fourth-order valence-electron chi connectivity index (χ4n) is 5.06. The number of amides is 2. The first-order valence-electron chi connectivity index (χ1n) is 13.7. The number of aryl methyl sites for hydroxylation is 2. The van der Waals surface area contributed by atoms with Crippen molar-refractivity contribution in [1.82, 2.24) is 20.0 Å². The van der Waals surface area contributed by atoms with Gasteiger partial charge in [-0.3, -0.25) is 14.6 Å². The lowest BCUT2D eigenvalue weighted by atomic mass is 10.00. The number of aromatic nitrogens is 2. The fraction of sp³-hybridized carbons (Fsp3) is 0.400. The Hall–Kier alpha value is -3.99. The second kappa shape index (κ2) is 12.3. The van der Waals surface area contributed by atoms with Crippen molar-refractivity contribution in [2.75, 3.05) is 17.9 Å². The standard InChI is InChI=1S/C30H37N5O5S/c1-7-14-34(22(6)36)35-24(15-19(2)3)18-40-27-17-26(28-20(4)10-8-11-21(28)5)31-30(32-27)33-41(38,39)25-13-9-12-23(16-25)29(35)37/h8-13,16-17,19,24H,7,14-15,18H2,1-6H3,(H,31,32,33)/t24-/m1/s1. The van der Waals surface area contributed by atoms with Crippen LogP contribution < -0.4 is 9.46 Å². The summed E-state index contributed by atoms with van der Waals surface area (Å²) in [6, 6.07) is 12.7. The highest BCUT2D eigenvalue weighted by atomic mass is 32.2. The van der Waals surface area contributed by atoms with Gasteiger partial charge in [0.1, 0.15) is 6.61 Å². The van der Waals surface area contributed by atoms with Crippen LogP contribution in [0.3, 0.4) is 0 Å². The third kappa shape index (κ3) is 6.67. The average molecular weight is 580 g/mol. The zero-order valence-electron chi connectivity index (χ0n) is 24.3. The summed E-state index contributed by atoms with van der Waals surface area (Å²) in [5, 5.41) is 2.85. The molecule has 0 fully saturated rings. The number of nitrogens with one attached hydrogen (secondary N) is 1. The van der Waals surface area contributed by atoms with Crippen LogP contribution in [-0.2, 0) is 14.8 Å². The minimum absolute atomic E-state index is 0.0203. The van der Waals surface area contributed by atoms with Gasteiger partial charge in [0.25, 0.3) is 15.9 Å². The van der Waals surface area contributed by atoms with Crippen LogP contribution in [0.5, 0.6) is 5.88 Å². The number of nitrogens with zero attached hydrogens (tertiary/aromatic N) is 4. The minimum Gasteiger partial charge on any atom is -0.475 e. The number of carbonyl (C=O) groups excluding carboxylic acids is 2. The van der Waals surface area contributed by atoms with E-state index in [1.54, 1.807) is 12.1 Å². The highest BCUT2D eigenvalue weighted by Gasteiger charge is 2.34. The van der Waals surface area contributed by atoms with Crippen LogP contribution in [0.2, 0.25) is 0 Å². The summed E-state index contributed by atoms with van der Waals surface area (Å²) in [4.78, 5) is 35.7. The van der Waals surface area contributed by atoms with Gasteiger partial charge in [0.15, 0.2) is 0 Å². The smallest absolute Gasteiger partial charge is 0.272 e. The van der Waals surface area contributed by atoms with E-state index in [1.807, 2.05) is 52.8 Å². The molecule has 0 saturated heterocycles. The highest BCUT2D eigenvalue weighted by Crippen LogP contribution is 2.30. The van der Waals surface area contributed by atoms with Gasteiger partial charge >= 0.3 is 0 Å². The quantitative estimate of drug-likeness (QED) is 0.437. The third-order valence-corrected chi connectivity index (χ3v) is 8.16. The van der Waals surface area contributed by atoms with Crippen LogP contribution in [0, 0.1) is 19.8 Å². The van der Waals surface area contributed by atoms with Crippen molar-refractivity contribution in [3.63, 3.8) is 0 Å². The molecule has 4 bridgehead atoms. The van der Waals surface area contributed by atoms with E-state index in [-0.39, 0.29) is 40.7 Å². The number of sulfonamides is 1. The molecule has 1 aliphatic rings. The van der Waals surface area contributed by atoms with Gasteiger partial charge < -0.3 is 4.74 Å². The van der Waals surface area contributed by atoms with Gasteiger partial charge in [-0.25, -0.2) is 23.1 Å². The lowest BCUT2D eigenvalue weighted by molar-refractivity contribution is -0.147. The molecule has 0 spiro atoms. The van der Waals surface area contributed by atoms with Crippen LogP contribution >= 0.6 is 0 Å². The summed E-state index contributed by atoms with van der Waals surface area (Å²) in [6.45, 7) is 11.6. The maximum Gasteiger partial charge on any atom is 0.272 e. The Morgan fingerprint density at radius 2 is 1.80 bits per heavy atom. The van der Waals surface area contributed by atoms with Crippen LogP contribution in [0.1, 0.15) is 62.0 Å². The molecule has 0 radical (unpaired) electrons. The van der Waals surface area contributed by atoms with Gasteiger partial charge in [-0.1, -0.05) is 45.0 Å². The van der Waals surface area contributed by atoms with Crippen molar-refractivity contribution in [1.29, 1.82) is 0 Å². The Labute approximate surface area is 241 Å². The van der Waals surface area contributed by atoms with E-state index in [9.17, 15) is 18.0 Å². The summed E-state index contributed by atoms with van der Waals surface area (Å²) in [5.74, 6) is -0.639. The Kier molecular flexibility index (Phi) is 8.96. The Morgan fingerprint density at radius 3 is 2.44 bits per heavy atom. The number of hydrogen-bond donors (Lipinski definition) is 1. The first kappa shape index (κ1) is 30.0. The van der Waals surface area contributed by atoms with E-state index in [1.165, 1.54) is 35.1 Å². The van der Waals surface area contributed by atoms with Crippen LogP contribution in [0.4, 0.5) is 5.95 Å². The van der Waals surface area contributed by atoms with Crippen molar-refractivity contribution in [3.8, 4) is 17.1 Å². The molecule has 3 aromatic rings. The summed E-state index contributed by atoms with van der Waals surface area (Å²) >= 11 is 0. The molecular weight excluding hydrogens is 542 g/mol. The predicted molar refractivity (Wildman–Crippen MR) is 157 cm³/mol. The van der Waals surface area contributed by atoms with Gasteiger partial charge in [-0.2, -0.15) is 4.98 Å². The van der Waals surface area contributed by atoms with E-state index >= 15 is 0 Å². The van der Waals surface area contributed by atoms with E-state index in [4.69, 9.17) is 4.74 Å². The molecule has 10 nitrogen and oxygen atoms in total.